The summed E-state index contributed by atoms with van der Waals surface area (Å²) in [6.07, 6.45) is 4.81. The fourth-order valence-corrected chi connectivity index (χ4v) is 3.81. The van der Waals surface area contributed by atoms with Crippen molar-refractivity contribution in [2.45, 2.75) is 59.0 Å². The number of carbonyl (C=O) groups excluding carboxylic acids is 1. The first-order valence-electron chi connectivity index (χ1n) is 9.56. The van der Waals surface area contributed by atoms with E-state index in [-0.39, 0.29) is 11.9 Å². The van der Waals surface area contributed by atoms with Gasteiger partial charge in [0, 0.05) is 18.6 Å². The molecule has 0 saturated heterocycles. The molecule has 1 atom stereocenters. The van der Waals surface area contributed by atoms with Crippen LogP contribution < -0.4 is 0 Å². The molecule has 0 aromatic heterocycles. The molecule has 1 unspecified atom stereocenters. The largest absolute Gasteiger partial charge is 0.369 e. The smallest absolute Gasteiger partial charge is 0.163 e. The third-order valence-corrected chi connectivity index (χ3v) is 5.11. The van der Waals surface area contributed by atoms with Crippen molar-refractivity contribution in [1.82, 2.24) is 0 Å². The maximum absolute atomic E-state index is 12.7. The number of ether oxygens (including phenoxy) is 1. The molecule has 2 aromatic carbocycles. The minimum Gasteiger partial charge on any atom is -0.369 e. The number of ketones is 1. The van der Waals surface area contributed by atoms with Crippen LogP contribution in [0.4, 0.5) is 0 Å². The van der Waals surface area contributed by atoms with Gasteiger partial charge >= 0.3 is 0 Å². The van der Waals surface area contributed by atoms with Gasteiger partial charge in [-0.05, 0) is 47.6 Å². The summed E-state index contributed by atoms with van der Waals surface area (Å²) in [5, 5.41) is 0. The molecule has 2 heteroatoms. The minimum absolute atomic E-state index is 0.0467. The van der Waals surface area contributed by atoms with Crippen molar-refractivity contribution in [3.63, 3.8) is 0 Å². The molecule has 2 nitrogen and oxygen atoms in total. The van der Waals surface area contributed by atoms with Crippen molar-refractivity contribution in [2.24, 2.45) is 0 Å². The number of benzene rings is 2. The van der Waals surface area contributed by atoms with Gasteiger partial charge in [0.1, 0.15) is 6.10 Å². The number of carbonyl (C=O) groups is 1. The number of hydrogen-bond donors (Lipinski definition) is 0. The van der Waals surface area contributed by atoms with Gasteiger partial charge in [-0.25, -0.2) is 0 Å². The van der Waals surface area contributed by atoms with E-state index in [1.165, 1.54) is 22.3 Å². The molecule has 0 heterocycles. The molecule has 1 aliphatic rings. The van der Waals surface area contributed by atoms with E-state index in [9.17, 15) is 4.79 Å². The van der Waals surface area contributed by atoms with E-state index in [1.54, 1.807) is 0 Å². The van der Waals surface area contributed by atoms with E-state index in [4.69, 9.17) is 4.74 Å². The van der Waals surface area contributed by atoms with Crippen LogP contribution in [-0.4, -0.2) is 12.4 Å². The highest BCUT2D eigenvalue weighted by Crippen LogP contribution is 2.47. The number of fused-ring (bicyclic) bond motifs is 3. The summed E-state index contributed by atoms with van der Waals surface area (Å²) < 4.78 is 6.21. The first-order chi connectivity index (χ1) is 12.2. The van der Waals surface area contributed by atoms with Gasteiger partial charge in [-0.3, -0.25) is 4.79 Å². The third-order valence-electron chi connectivity index (χ3n) is 5.11. The fraction of sp³-hybridized carbons (Fsp3) is 0.435. The van der Waals surface area contributed by atoms with Crippen LogP contribution in [0.2, 0.25) is 0 Å². The number of hydrogen-bond acceptors (Lipinski definition) is 2. The van der Waals surface area contributed by atoms with Crippen LogP contribution in [0.25, 0.3) is 11.1 Å². The molecule has 0 amide bonds. The van der Waals surface area contributed by atoms with Crippen molar-refractivity contribution in [3.8, 4) is 11.1 Å². The second-order valence-electron chi connectivity index (χ2n) is 6.92. The Balaban J connectivity index is 1.99. The lowest BCUT2D eigenvalue weighted by Crippen LogP contribution is -2.09. The van der Waals surface area contributed by atoms with Crippen LogP contribution in [0.15, 0.2) is 36.4 Å². The molecule has 2 aromatic rings. The highest BCUT2D eigenvalue weighted by molar-refractivity contribution is 5.99. The Bertz CT molecular complexity index is 761. The Morgan fingerprint density at radius 3 is 2.56 bits per heavy atom. The van der Waals surface area contributed by atoms with Crippen LogP contribution in [-0.2, 0) is 4.74 Å². The van der Waals surface area contributed by atoms with E-state index in [1.807, 2.05) is 6.07 Å². The predicted molar refractivity (Wildman–Crippen MR) is 103 cm³/mol. The second kappa shape index (κ2) is 7.97. The van der Waals surface area contributed by atoms with Crippen LogP contribution in [0.5, 0.6) is 0 Å². The molecule has 25 heavy (non-hydrogen) atoms. The van der Waals surface area contributed by atoms with E-state index in [0.29, 0.717) is 6.42 Å². The maximum Gasteiger partial charge on any atom is 0.163 e. The summed E-state index contributed by atoms with van der Waals surface area (Å²) in [6.45, 7) is 7.10. The van der Waals surface area contributed by atoms with E-state index >= 15 is 0 Å². The van der Waals surface area contributed by atoms with Crippen molar-refractivity contribution < 1.29 is 9.53 Å². The minimum atomic E-state index is -0.0467. The lowest BCUT2D eigenvalue weighted by Gasteiger charge is -2.18. The van der Waals surface area contributed by atoms with Crippen molar-refractivity contribution in [1.29, 1.82) is 0 Å². The lowest BCUT2D eigenvalue weighted by atomic mass is 9.92. The Hall–Kier alpha value is -1.93. The van der Waals surface area contributed by atoms with Gasteiger partial charge in [-0.15, -0.1) is 0 Å². The molecular weight excluding hydrogens is 308 g/mol. The molecule has 0 N–H and O–H groups in total. The van der Waals surface area contributed by atoms with Crippen molar-refractivity contribution in [2.75, 3.05) is 6.61 Å². The maximum atomic E-state index is 12.7. The number of unbranched alkanes of at least 4 members (excludes halogenated alkanes) is 2. The monoisotopic (exact) mass is 336 g/mol. The summed E-state index contributed by atoms with van der Waals surface area (Å²) in [5.74, 6) is 0.263. The molecule has 0 radical (unpaired) electrons. The average molecular weight is 336 g/mol. The van der Waals surface area contributed by atoms with Crippen molar-refractivity contribution in [3.05, 3.63) is 58.7 Å². The Morgan fingerprint density at radius 1 is 1.00 bits per heavy atom. The summed E-state index contributed by atoms with van der Waals surface area (Å²) >= 11 is 0. The Labute approximate surface area is 151 Å². The van der Waals surface area contributed by atoms with Gasteiger partial charge in [0.2, 0.25) is 0 Å². The molecule has 0 bridgehead atoms. The van der Waals surface area contributed by atoms with Crippen LogP contribution in [0.3, 0.4) is 0 Å². The van der Waals surface area contributed by atoms with Gasteiger partial charge in [0.15, 0.2) is 5.78 Å². The summed E-state index contributed by atoms with van der Waals surface area (Å²) in [7, 11) is 0. The van der Waals surface area contributed by atoms with Gasteiger partial charge in [-0.1, -0.05) is 63.1 Å². The SMILES string of the molecule is CCCCCC(=O)c1ccc2c(c1C)C(OCCC)c1ccccc1-2. The summed E-state index contributed by atoms with van der Waals surface area (Å²) in [6, 6.07) is 12.6. The summed E-state index contributed by atoms with van der Waals surface area (Å²) in [4.78, 5) is 12.7. The molecular formula is C23H28O2. The van der Waals surface area contributed by atoms with Gasteiger partial charge in [0.05, 0.1) is 0 Å². The highest BCUT2D eigenvalue weighted by Gasteiger charge is 2.32. The van der Waals surface area contributed by atoms with Gasteiger partial charge < -0.3 is 4.74 Å². The average Bonchev–Trinajstić information content (AvgIpc) is 2.95. The van der Waals surface area contributed by atoms with Gasteiger partial charge in [-0.2, -0.15) is 0 Å². The molecule has 132 valence electrons. The topological polar surface area (TPSA) is 26.3 Å². The standard InChI is InChI=1S/C23H28O2/c1-4-6-7-12-21(24)17-13-14-19-18-10-8-9-11-20(18)23(25-15-5-2)22(19)16(17)3/h8-11,13-14,23H,4-7,12,15H2,1-3H3. The first kappa shape index (κ1) is 17.9. The Kier molecular flexibility index (Phi) is 5.70. The molecule has 0 fully saturated rings. The van der Waals surface area contributed by atoms with Crippen molar-refractivity contribution >= 4 is 5.78 Å². The number of Topliss-reactive ketones (excluding diaryl/α,β-unsaturated/α-hetero) is 1. The lowest BCUT2D eigenvalue weighted by molar-refractivity contribution is 0.0830. The molecule has 0 spiro atoms. The molecule has 3 rings (SSSR count). The van der Waals surface area contributed by atoms with Crippen LogP contribution in [0, 0.1) is 6.92 Å². The normalized spacial score (nSPS) is 15.1. The van der Waals surface area contributed by atoms with E-state index in [0.717, 1.165) is 43.4 Å². The zero-order chi connectivity index (χ0) is 17.8. The highest BCUT2D eigenvalue weighted by atomic mass is 16.5. The quantitative estimate of drug-likeness (QED) is 0.420. The molecule has 0 saturated carbocycles. The third kappa shape index (κ3) is 3.41. The zero-order valence-corrected chi connectivity index (χ0v) is 15.6. The summed E-state index contributed by atoms with van der Waals surface area (Å²) in [5.41, 5.74) is 6.84. The zero-order valence-electron chi connectivity index (χ0n) is 15.6. The second-order valence-corrected chi connectivity index (χ2v) is 6.92. The molecule has 1 aliphatic carbocycles. The fourth-order valence-electron chi connectivity index (χ4n) is 3.81. The first-order valence-corrected chi connectivity index (χ1v) is 9.56. The number of rotatable bonds is 8. The van der Waals surface area contributed by atoms with Gasteiger partial charge in [0.25, 0.3) is 0 Å². The van der Waals surface area contributed by atoms with E-state index < -0.39 is 0 Å². The predicted octanol–water partition coefficient (Wildman–Crippen LogP) is 6.25. The van der Waals surface area contributed by atoms with E-state index in [2.05, 4.69) is 51.1 Å². The van der Waals surface area contributed by atoms with Crippen LogP contribution >= 0.6 is 0 Å². The van der Waals surface area contributed by atoms with Crippen LogP contribution in [0.1, 0.15) is 79.1 Å². The Morgan fingerprint density at radius 2 is 1.80 bits per heavy atom. The molecule has 0 aliphatic heterocycles.